The van der Waals surface area contributed by atoms with Gasteiger partial charge in [-0.1, -0.05) is 0 Å². The highest BCUT2D eigenvalue weighted by Crippen LogP contribution is 2.23. The molecule has 0 radical (unpaired) electrons. The van der Waals surface area contributed by atoms with Crippen LogP contribution < -0.4 is 10.1 Å². The number of amides is 1. The van der Waals surface area contributed by atoms with Crippen LogP contribution in [0.3, 0.4) is 0 Å². The summed E-state index contributed by atoms with van der Waals surface area (Å²) in [4.78, 5) is 16.7. The summed E-state index contributed by atoms with van der Waals surface area (Å²) < 4.78 is 11.3. The van der Waals surface area contributed by atoms with Crippen molar-refractivity contribution in [1.82, 2.24) is 4.98 Å². The van der Waals surface area contributed by atoms with E-state index in [9.17, 15) is 4.79 Å². The number of rotatable bonds is 6. The fourth-order valence-corrected chi connectivity index (χ4v) is 3.58. The zero-order valence-corrected chi connectivity index (χ0v) is 15.6. The van der Waals surface area contributed by atoms with Gasteiger partial charge >= 0.3 is 0 Å². The summed E-state index contributed by atoms with van der Waals surface area (Å²) in [7, 11) is 0. The summed E-state index contributed by atoms with van der Waals surface area (Å²) in [5.74, 6) is 0.595. The number of hydrogen-bond acceptors (Lipinski definition) is 5. The predicted octanol–water partition coefficient (Wildman–Crippen LogP) is 4.62. The Morgan fingerprint density at radius 2 is 2.00 bits per heavy atom. The number of benzene rings is 2. The third-order valence-electron chi connectivity index (χ3n) is 4.40. The molecule has 6 heteroatoms. The molecule has 5 nitrogen and oxygen atoms in total. The fraction of sp³-hybridized carbons (Fsp3) is 0.238. The van der Waals surface area contributed by atoms with Crippen molar-refractivity contribution in [3.05, 3.63) is 65.7 Å². The summed E-state index contributed by atoms with van der Waals surface area (Å²) in [6, 6.07) is 14.8. The van der Waals surface area contributed by atoms with E-state index in [4.69, 9.17) is 9.47 Å². The second-order valence-electron chi connectivity index (χ2n) is 6.34. The van der Waals surface area contributed by atoms with Crippen molar-refractivity contribution in [2.45, 2.75) is 18.9 Å². The molecule has 1 aliphatic rings. The minimum Gasteiger partial charge on any atom is -0.491 e. The number of hydrogen-bond donors (Lipinski definition) is 1. The summed E-state index contributed by atoms with van der Waals surface area (Å²) in [5.41, 5.74) is 2.37. The molecule has 0 unspecified atom stereocenters. The van der Waals surface area contributed by atoms with Crippen molar-refractivity contribution in [3.63, 3.8) is 0 Å². The highest BCUT2D eigenvalue weighted by atomic mass is 32.1. The van der Waals surface area contributed by atoms with Crippen LogP contribution in [0.2, 0.25) is 0 Å². The molecule has 27 heavy (non-hydrogen) atoms. The number of ether oxygens (including phenoxy) is 2. The zero-order chi connectivity index (χ0) is 18.5. The molecular formula is C21H20N2O3S. The highest BCUT2D eigenvalue weighted by Gasteiger charge is 2.16. The van der Waals surface area contributed by atoms with Crippen LogP contribution in [0, 0.1) is 0 Å². The van der Waals surface area contributed by atoms with Crippen molar-refractivity contribution in [2.24, 2.45) is 0 Å². The van der Waals surface area contributed by atoms with E-state index in [-0.39, 0.29) is 12.0 Å². The Bertz CT molecular complexity index is 871. The lowest BCUT2D eigenvalue weighted by Crippen LogP contribution is -2.16. The molecule has 1 aromatic heterocycles. The number of nitrogens with one attached hydrogen (secondary N) is 1. The predicted molar refractivity (Wildman–Crippen MR) is 106 cm³/mol. The lowest BCUT2D eigenvalue weighted by molar-refractivity contribution is 0.0679. The van der Waals surface area contributed by atoms with Gasteiger partial charge in [-0.2, -0.15) is 0 Å². The van der Waals surface area contributed by atoms with Gasteiger partial charge in [0.05, 0.1) is 6.10 Å². The van der Waals surface area contributed by atoms with Gasteiger partial charge in [0, 0.05) is 35.0 Å². The van der Waals surface area contributed by atoms with E-state index in [1.54, 1.807) is 29.7 Å². The molecule has 0 spiro atoms. The highest BCUT2D eigenvalue weighted by molar-refractivity contribution is 7.13. The molecule has 0 bridgehead atoms. The van der Waals surface area contributed by atoms with E-state index in [0.29, 0.717) is 12.2 Å². The van der Waals surface area contributed by atoms with Gasteiger partial charge in [-0.15, -0.1) is 11.3 Å². The van der Waals surface area contributed by atoms with Crippen LogP contribution in [0.5, 0.6) is 5.75 Å². The minimum atomic E-state index is -0.150. The van der Waals surface area contributed by atoms with Gasteiger partial charge < -0.3 is 14.8 Å². The molecule has 0 saturated carbocycles. The summed E-state index contributed by atoms with van der Waals surface area (Å²) >= 11 is 1.59. The van der Waals surface area contributed by atoms with Gasteiger partial charge in [0.15, 0.2) is 0 Å². The standard InChI is InChI=1S/C21H20N2O3S/c24-20(23-17-7-3-16(4-8-17)21-22-11-13-27-21)15-5-9-18(10-6-15)26-14-19-2-1-12-25-19/h3-11,13,19H,1-2,12,14H2,(H,23,24)/t19-/m0/s1. The van der Waals surface area contributed by atoms with E-state index in [0.717, 1.165) is 41.5 Å². The number of nitrogens with zero attached hydrogens (tertiary/aromatic N) is 1. The van der Waals surface area contributed by atoms with Crippen LogP contribution in [-0.2, 0) is 4.74 Å². The summed E-state index contributed by atoms with van der Waals surface area (Å²) in [6.07, 6.45) is 4.10. The molecule has 1 amide bonds. The van der Waals surface area contributed by atoms with Crippen LogP contribution in [-0.4, -0.2) is 30.2 Å². The first-order chi connectivity index (χ1) is 13.3. The number of thiazole rings is 1. The zero-order valence-electron chi connectivity index (χ0n) is 14.8. The Morgan fingerprint density at radius 1 is 1.19 bits per heavy atom. The molecule has 4 rings (SSSR count). The third kappa shape index (κ3) is 4.53. The van der Waals surface area contributed by atoms with Crippen LogP contribution in [0.25, 0.3) is 10.6 Å². The van der Waals surface area contributed by atoms with Gasteiger partial charge in [-0.25, -0.2) is 4.98 Å². The Kier molecular flexibility index (Phi) is 5.46. The van der Waals surface area contributed by atoms with Crippen LogP contribution >= 0.6 is 11.3 Å². The molecule has 1 fully saturated rings. The van der Waals surface area contributed by atoms with E-state index in [1.165, 1.54) is 0 Å². The second kappa shape index (κ2) is 8.33. The molecule has 1 N–H and O–H groups in total. The molecule has 1 atom stereocenters. The number of anilines is 1. The van der Waals surface area contributed by atoms with Gasteiger partial charge in [0.1, 0.15) is 17.4 Å². The summed E-state index contributed by atoms with van der Waals surface area (Å²) in [6.45, 7) is 1.37. The molecule has 2 heterocycles. The number of carbonyl (C=O) groups excluding carboxylic acids is 1. The van der Waals surface area contributed by atoms with Crippen molar-refractivity contribution >= 4 is 22.9 Å². The molecule has 1 aliphatic heterocycles. The van der Waals surface area contributed by atoms with Gasteiger partial charge in [0.25, 0.3) is 5.91 Å². The van der Waals surface area contributed by atoms with Crippen molar-refractivity contribution in [2.75, 3.05) is 18.5 Å². The number of aromatic nitrogens is 1. The lowest BCUT2D eigenvalue weighted by Gasteiger charge is -2.12. The van der Waals surface area contributed by atoms with E-state index in [2.05, 4.69) is 10.3 Å². The van der Waals surface area contributed by atoms with Crippen molar-refractivity contribution in [3.8, 4) is 16.3 Å². The maximum absolute atomic E-state index is 12.4. The van der Waals surface area contributed by atoms with E-state index >= 15 is 0 Å². The first kappa shape index (κ1) is 17.7. The number of carbonyl (C=O) groups is 1. The molecule has 3 aromatic rings. The van der Waals surface area contributed by atoms with Gasteiger partial charge in [-0.05, 0) is 61.4 Å². The van der Waals surface area contributed by atoms with Gasteiger partial charge in [0.2, 0.25) is 0 Å². The van der Waals surface area contributed by atoms with Crippen molar-refractivity contribution < 1.29 is 14.3 Å². The first-order valence-electron chi connectivity index (χ1n) is 8.94. The average molecular weight is 380 g/mol. The van der Waals surface area contributed by atoms with Crippen LogP contribution in [0.15, 0.2) is 60.1 Å². The molecule has 1 saturated heterocycles. The normalized spacial score (nSPS) is 16.2. The molecule has 2 aromatic carbocycles. The first-order valence-corrected chi connectivity index (χ1v) is 9.82. The molecular weight excluding hydrogens is 360 g/mol. The minimum absolute atomic E-state index is 0.150. The Morgan fingerprint density at radius 3 is 2.67 bits per heavy atom. The van der Waals surface area contributed by atoms with E-state index < -0.39 is 0 Å². The topological polar surface area (TPSA) is 60.5 Å². The maximum atomic E-state index is 12.4. The largest absolute Gasteiger partial charge is 0.491 e. The third-order valence-corrected chi connectivity index (χ3v) is 5.22. The maximum Gasteiger partial charge on any atom is 0.255 e. The van der Waals surface area contributed by atoms with E-state index in [1.807, 2.05) is 41.8 Å². The van der Waals surface area contributed by atoms with Gasteiger partial charge in [-0.3, -0.25) is 4.79 Å². The SMILES string of the molecule is O=C(Nc1ccc(-c2nccs2)cc1)c1ccc(OC[C@@H]2CCCO2)cc1. The quantitative estimate of drug-likeness (QED) is 0.678. The smallest absolute Gasteiger partial charge is 0.255 e. The van der Waals surface area contributed by atoms with Crippen LogP contribution in [0.4, 0.5) is 5.69 Å². The molecule has 0 aliphatic carbocycles. The van der Waals surface area contributed by atoms with Crippen LogP contribution in [0.1, 0.15) is 23.2 Å². The Hall–Kier alpha value is -2.70. The monoisotopic (exact) mass is 380 g/mol. The Labute approximate surface area is 162 Å². The second-order valence-corrected chi connectivity index (χ2v) is 7.23. The summed E-state index contributed by atoms with van der Waals surface area (Å²) in [5, 5.41) is 5.82. The lowest BCUT2D eigenvalue weighted by atomic mass is 10.2. The Balaban J connectivity index is 1.33. The van der Waals surface area contributed by atoms with Crippen molar-refractivity contribution in [1.29, 1.82) is 0 Å². The average Bonchev–Trinajstić information content (AvgIpc) is 3.41. The molecule has 138 valence electrons. The fourth-order valence-electron chi connectivity index (χ4n) is 2.93.